The highest BCUT2D eigenvalue weighted by Crippen LogP contribution is 2.29. The van der Waals surface area contributed by atoms with Crippen molar-refractivity contribution in [2.45, 2.75) is 30.7 Å². The van der Waals surface area contributed by atoms with Crippen molar-refractivity contribution in [1.29, 1.82) is 0 Å². The van der Waals surface area contributed by atoms with E-state index in [2.05, 4.69) is 15.3 Å². The molecule has 0 bridgehead atoms. The van der Waals surface area contributed by atoms with Crippen molar-refractivity contribution in [1.82, 2.24) is 19.6 Å². The number of nitrogens with one attached hydrogen (secondary N) is 3. The highest BCUT2D eigenvalue weighted by atomic mass is 35.5. The number of pyridine rings is 1. The molecule has 2 aromatic heterocycles. The number of H-pyrrole nitrogens is 2. The molecular weight excluding hydrogens is 444 g/mol. The molecule has 168 valence electrons. The van der Waals surface area contributed by atoms with Crippen molar-refractivity contribution in [2.75, 3.05) is 26.7 Å². The molecule has 0 spiro atoms. The van der Waals surface area contributed by atoms with E-state index in [4.69, 9.17) is 4.74 Å². The summed E-state index contributed by atoms with van der Waals surface area (Å²) in [5.74, 6) is -0.556. The van der Waals surface area contributed by atoms with E-state index in [1.165, 1.54) is 22.6 Å². The number of fused-ring (bicyclic) bond motifs is 3. The van der Waals surface area contributed by atoms with Crippen LogP contribution in [0, 0.1) is 0 Å². The SMILES string of the molecule is CCCOC(=O)c1c[nH]c2c(=O)[nH]c3ccc(S(=O)(=O)N4CCC(NC)C4)cc3c12.Cl. The quantitative estimate of drug-likeness (QED) is 0.475. The summed E-state index contributed by atoms with van der Waals surface area (Å²) in [5.41, 5.74) is 0.474. The second kappa shape index (κ2) is 8.99. The summed E-state index contributed by atoms with van der Waals surface area (Å²) < 4.78 is 33.0. The minimum Gasteiger partial charge on any atom is -0.462 e. The summed E-state index contributed by atoms with van der Waals surface area (Å²) in [6.45, 7) is 2.98. The molecular formula is C20H25ClN4O5S. The average Bonchev–Trinajstić information content (AvgIpc) is 3.40. The zero-order chi connectivity index (χ0) is 21.5. The Kier molecular flexibility index (Phi) is 6.75. The fourth-order valence-corrected chi connectivity index (χ4v) is 5.36. The van der Waals surface area contributed by atoms with Crippen LogP contribution < -0.4 is 10.9 Å². The molecule has 1 aromatic carbocycles. The number of carbonyl (C=O) groups excluding carboxylic acids is 1. The molecule has 1 saturated heterocycles. The number of benzene rings is 1. The Bertz CT molecular complexity index is 1280. The minimum atomic E-state index is -3.71. The van der Waals surface area contributed by atoms with Gasteiger partial charge in [-0.25, -0.2) is 13.2 Å². The van der Waals surface area contributed by atoms with Crippen molar-refractivity contribution >= 4 is 50.2 Å². The smallest absolute Gasteiger partial charge is 0.340 e. The Labute approximate surface area is 185 Å². The number of sulfonamides is 1. The Hall–Kier alpha value is -2.40. The molecule has 3 aromatic rings. The van der Waals surface area contributed by atoms with Gasteiger partial charge in [-0.2, -0.15) is 4.31 Å². The third kappa shape index (κ3) is 4.08. The molecule has 31 heavy (non-hydrogen) atoms. The van der Waals surface area contributed by atoms with E-state index < -0.39 is 16.0 Å². The van der Waals surface area contributed by atoms with Gasteiger partial charge >= 0.3 is 5.97 Å². The summed E-state index contributed by atoms with van der Waals surface area (Å²) in [6, 6.07) is 4.67. The zero-order valence-corrected chi connectivity index (χ0v) is 18.9. The van der Waals surface area contributed by atoms with Gasteiger partial charge in [0.2, 0.25) is 10.0 Å². The predicted molar refractivity (Wildman–Crippen MR) is 120 cm³/mol. The summed E-state index contributed by atoms with van der Waals surface area (Å²) >= 11 is 0. The Balaban J connectivity index is 0.00000272. The normalized spacial score (nSPS) is 17.2. The number of esters is 1. The largest absolute Gasteiger partial charge is 0.462 e. The van der Waals surface area contributed by atoms with E-state index >= 15 is 0 Å². The fourth-order valence-electron chi connectivity index (χ4n) is 3.83. The van der Waals surface area contributed by atoms with Gasteiger partial charge in [0.05, 0.1) is 17.1 Å². The Morgan fingerprint density at radius 2 is 2.13 bits per heavy atom. The molecule has 3 heterocycles. The number of aromatic nitrogens is 2. The second-order valence-corrected chi connectivity index (χ2v) is 9.33. The molecule has 1 unspecified atom stereocenters. The third-order valence-corrected chi connectivity index (χ3v) is 7.33. The van der Waals surface area contributed by atoms with Gasteiger partial charge in [-0.15, -0.1) is 12.4 Å². The van der Waals surface area contributed by atoms with Gasteiger partial charge in [0, 0.05) is 41.6 Å². The first-order chi connectivity index (χ1) is 14.4. The van der Waals surface area contributed by atoms with E-state index in [1.807, 2.05) is 14.0 Å². The van der Waals surface area contributed by atoms with Crippen LogP contribution in [0.15, 0.2) is 34.1 Å². The van der Waals surface area contributed by atoms with Crippen LogP contribution in [-0.4, -0.2) is 61.4 Å². The highest BCUT2D eigenvalue weighted by Gasteiger charge is 2.32. The van der Waals surface area contributed by atoms with Gasteiger partial charge in [0.15, 0.2) is 0 Å². The number of nitrogens with zero attached hydrogens (tertiary/aromatic N) is 1. The Morgan fingerprint density at radius 1 is 1.35 bits per heavy atom. The van der Waals surface area contributed by atoms with Crippen LogP contribution in [0.5, 0.6) is 0 Å². The number of hydrogen-bond donors (Lipinski definition) is 3. The van der Waals surface area contributed by atoms with Crippen molar-refractivity contribution in [3.63, 3.8) is 0 Å². The fraction of sp³-hybridized carbons (Fsp3) is 0.400. The van der Waals surface area contributed by atoms with Crippen LogP contribution in [0.25, 0.3) is 21.8 Å². The van der Waals surface area contributed by atoms with Crippen molar-refractivity contribution in [3.05, 3.63) is 40.3 Å². The van der Waals surface area contributed by atoms with E-state index in [9.17, 15) is 18.0 Å². The first-order valence-electron chi connectivity index (χ1n) is 9.88. The number of likely N-dealkylation sites (N-methyl/N-ethyl adjacent to an activating group) is 1. The lowest BCUT2D eigenvalue weighted by molar-refractivity contribution is 0.0507. The van der Waals surface area contributed by atoms with E-state index in [0.29, 0.717) is 35.8 Å². The van der Waals surface area contributed by atoms with E-state index in [1.54, 1.807) is 6.07 Å². The molecule has 0 amide bonds. The maximum atomic E-state index is 13.2. The Morgan fingerprint density at radius 3 is 2.81 bits per heavy atom. The van der Waals surface area contributed by atoms with Crippen LogP contribution in [0.4, 0.5) is 0 Å². The number of hydrogen-bond acceptors (Lipinski definition) is 6. The molecule has 0 radical (unpaired) electrons. The first kappa shape index (κ1) is 23.3. The number of halogens is 1. The number of carbonyl (C=O) groups is 1. The van der Waals surface area contributed by atoms with Crippen LogP contribution in [0.1, 0.15) is 30.1 Å². The van der Waals surface area contributed by atoms with Crippen LogP contribution >= 0.6 is 12.4 Å². The van der Waals surface area contributed by atoms with Gasteiger partial charge in [0.25, 0.3) is 5.56 Å². The molecule has 0 aliphatic carbocycles. The molecule has 1 aliphatic heterocycles. The number of aromatic amines is 2. The number of rotatable bonds is 6. The van der Waals surface area contributed by atoms with Crippen molar-refractivity contribution in [3.8, 4) is 0 Å². The number of ether oxygens (including phenoxy) is 1. The van der Waals surface area contributed by atoms with Gasteiger partial charge in [-0.05, 0) is 38.1 Å². The minimum absolute atomic E-state index is 0. The zero-order valence-electron chi connectivity index (χ0n) is 17.2. The summed E-state index contributed by atoms with van der Waals surface area (Å²) in [6.07, 6.45) is 2.84. The predicted octanol–water partition coefficient (Wildman–Crippen LogP) is 1.98. The highest BCUT2D eigenvalue weighted by molar-refractivity contribution is 7.89. The first-order valence-corrected chi connectivity index (χ1v) is 11.3. The topological polar surface area (TPSA) is 124 Å². The molecule has 1 fully saturated rings. The van der Waals surface area contributed by atoms with E-state index in [-0.39, 0.29) is 46.6 Å². The van der Waals surface area contributed by atoms with Crippen LogP contribution in [0.3, 0.4) is 0 Å². The lowest BCUT2D eigenvalue weighted by atomic mass is 10.1. The van der Waals surface area contributed by atoms with Gasteiger partial charge in [0.1, 0.15) is 5.52 Å². The summed E-state index contributed by atoms with van der Waals surface area (Å²) in [4.78, 5) is 30.6. The molecule has 11 heteroatoms. The molecule has 3 N–H and O–H groups in total. The molecule has 4 rings (SSSR count). The van der Waals surface area contributed by atoms with Gasteiger partial charge in [-0.1, -0.05) is 6.92 Å². The lowest BCUT2D eigenvalue weighted by Gasteiger charge is -2.17. The monoisotopic (exact) mass is 468 g/mol. The molecule has 0 saturated carbocycles. The van der Waals surface area contributed by atoms with Crippen LogP contribution in [0.2, 0.25) is 0 Å². The van der Waals surface area contributed by atoms with Crippen molar-refractivity contribution in [2.24, 2.45) is 0 Å². The van der Waals surface area contributed by atoms with Gasteiger partial charge in [-0.3, -0.25) is 4.79 Å². The van der Waals surface area contributed by atoms with Crippen LogP contribution in [-0.2, 0) is 14.8 Å². The summed E-state index contributed by atoms with van der Waals surface area (Å²) in [7, 11) is -1.89. The van der Waals surface area contributed by atoms with E-state index in [0.717, 1.165) is 6.42 Å². The lowest BCUT2D eigenvalue weighted by Crippen LogP contribution is -2.33. The maximum absolute atomic E-state index is 13.2. The standard InChI is InChI=1S/C20H24N4O5S.ClH/c1-3-8-29-20(26)15-10-22-18-17(15)14-9-13(4-5-16(14)23-19(18)25)30(27,28)24-7-6-12(11-24)21-2;/h4-5,9-10,12,21-22H,3,6-8,11H2,1-2H3,(H,23,25);1H. The van der Waals surface area contributed by atoms with Crippen molar-refractivity contribution < 1.29 is 17.9 Å². The third-order valence-electron chi connectivity index (χ3n) is 5.47. The van der Waals surface area contributed by atoms with Gasteiger partial charge < -0.3 is 20.0 Å². The summed E-state index contributed by atoms with van der Waals surface area (Å²) in [5, 5.41) is 3.94. The second-order valence-electron chi connectivity index (χ2n) is 7.39. The average molecular weight is 469 g/mol. The molecule has 1 atom stereocenters. The molecule has 1 aliphatic rings. The molecule has 9 nitrogen and oxygen atoms in total. The maximum Gasteiger partial charge on any atom is 0.340 e.